The molecule has 36 heavy (non-hydrogen) atoms. The fourth-order valence-corrected chi connectivity index (χ4v) is 3.39. The number of carbonyl (C=O) groups is 1. The van der Waals surface area contributed by atoms with Crippen molar-refractivity contribution < 1.29 is 19.0 Å². The van der Waals surface area contributed by atoms with Crippen molar-refractivity contribution >= 4 is 23.8 Å². The van der Waals surface area contributed by atoms with Crippen LogP contribution in [0.25, 0.3) is 0 Å². The standard InChI is InChI=1S/C25H39N7O4/c1-20(2)8-9-27-23-29-24(31-25(30-23)32-12-16-36-17-13-32)28-11-15-35-19-18-34-14-10-26-22(33)21-6-4-3-5-7-21/h3-7,20H,8-19H2,1-2H3,(H,26,33)(H2,27,28,29,30,31). The molecule has 1 aromatic carbocycles. The van der Waals surface area contributed by atoms with Crippen molar-refractivity contribution in [1.29, 1.82) is 0 Å². The number of nitrogens with one attached hydrogen (secondary N) is 3. The van der Waals surface area contributed by atoms with E-state index >= 15 is 0 Å². The molecule has 11 heteroatoms. The molecular weight excluding hydrogens is 462 g/mol. The van der Waals surface area contributed by atoms with Crippen molar-refractivity contribution in [1.82, 2.24) is 20.3 Å². The molecule has 11 nitrogen and oxygen atoms in total. The lowest BCUT2D eigenvalue weighted by molar-refractivity contribution is 0.0519. The smallest absolute Gasteiger partial charge is 0.251 e. The third-order valence-corrected chi connectivity index (χ3v) is 5.39. The summed E-state index contributed by atoms with van der Waals surface area (Å²) in [6.07, 6.45) is 1.04. The van der Waals surface area contributed by atoms with Gasteiger partial charge in [-0.1, -0.05) is 32.0 Å². The highest BCUT2D eigenvalue weighted by Gasteiger charge is 2.16. The summed E-state index contributed by atoms with van der Waals surface area (Å²) in [6.45, 7) is 10.9. The molecule has 3 N–H and O–H groups in total. The van der Waals surface area contributed by atoms with E-state index in [2.05, 4.69) is 49.6 Å². The number of amides is 1. The van der Waals surface area contributed by atoms with Gasteiger partial charge in [0.05, 0.1) is 39.6 Å². The first-order valence-corrected chi connectivity index (χ1v) is 12.7. The molecule has 0 saturated carbocycles. The Balaban J connectivity index is 1.31. The summed E-state index contributed by atoms with van der Waals surface area (Å²) in [5.41, 5.74) is 0.641. The molecule has 2 heterocycles. The van der Waals surface area contributed by atoms with Crippen LogP contribution in [0.4, 0.5) is 17.8 Å². The number of rotatable bonds is 16. The molecule has 3 rings (SSSR count). The van der Waals surface area contributed by atoms with Gasteiger partial charge in [-0.2, -0.15) is 15.0 Å². The maximum Gasteiger partial charge on any atom is 0.251 e. The summed E-state index contributed by atoms with van der Waals surface area (Å²) in [5.74, 6) is 2.24. The number of benzene rings is 1. The molecule has 1 amide bonds. The first kappa shape index (κ1) is 27.6. The van der Waals surface area contributed by atoms with E-state index in [9.17, 15) is 4.79 Å². The molecule has 1 aromatic heterocycles. The third kappa shape index (κ3) is 10.3. The van der Waals surface area contributed by atoms with Crippen molar-refractivity contribution in [3.8, 4) is 0 Å². The minimum atomic E-state index is -0.102. The Labute approximate surface area is 213 Å². The van der Waals surface area contributed by atoms with Gasteiger partial charge in [-0.15, -0.1) is 0 Å². The van der Waals surface area contributed by atoms with Crippen LogP contribution < -0.4 is 20.9 Å². The highest BCUT2D eigenvalue weighted by Crippen LogP contribution is 2.15. The summed E-state index contributed by atoms with van der Waals surface area (Å²) < 4.78 is 16.6. The quantitative estimate of drug-likeness (QED) is 0.295. The maximum atomic E-state index is 12.0. The van der Waals surface area contributed by atoms with Gasteiger partial charge in [0.15, 0.2) is 0 Å². The van der Waals surface area contributed by atoms with E-state index in [-0.39, 0.29) is 5.91 Å². The normalized spacial score (nSPS) is 13.6. The lowest BCUT2D eigenvalue weighted by Crippen LogP contribution is -2.37. The third-order valence-electron chi connectivity index (χ3n) is 5.39. The van der Waals surface area contributed by atoms with E-state index in [0.717, 1.165) is 26.1 Å². The van der Waals surface area contributed by atoms with Gasteiger partial charge in [0, 0.05) is 38.3 Å². The number of ether oxygens (including phenoxy) is 3. The number of hydrogen-bond donors (Lipinski definition) is 3. The minimum absolute atomic E-state index is 0.102. The largest absolute Gasteiger partial charge is 0.378 e. The molecule has 1 saturated heterocycles. The highest BCUT2D eigenvalue weighted by atomic mass is 16.5. The van der Waals surface area contributed by atoms with E-state index in [4.69, 9.17) is 14.2 Å². The molecule has 2 aromatic rings. The lowest BCUT2D eigenvalue weighted by Gasteiger charge is -2.27. The number of aromatic nitrogens is 3. The van der Waals surface area contributed by atoms with Crippen molar-refractivity contribution in [3.63, 3.8) is 0 Å². The van der Waals surface area contributed by atoms with Gasteiger partial charge < -0.3 is 35.1 Å². The molecule has 0 spiro atoms. The summed E-state index contributed by atoms with van der Waals surface area (Å²) >= 11 is 0. The zero-order valence-corrected chi connectivity index (χ0v) is 21.4. The van der Waals surface area contributed by atoms with Crippen LogP contribution in [0.3, 0.4) is 0 Å². The van der Waals surface area contributed by atoms with E-state index in [0.29, 0.717) is 82.1 Å². The Kier molecular flexibility index (Phi) is 12.2. The Morgan fingerprint density at radius 2 is 1.56 bits per heavy atom. The zero-order valence-electron chi connectivity index (χ0n) is 21.4. The van der Waals surface area contributed by atoms with Crippen LogP contribution >= 0.6 is 0 Å². The van der Waals surface area contributed by atoms with E-state index in [1.807, 2.05) is 18.2 Å². The molecule has 1 fully saturated rings. The number of carbonyl (C=O) groups excluding carboxylic acids is 1. The highest BCUT2D eigenvalue weighted by molar-refractivity contribution is 5.94. The number of anilines is 3. The average molecular weight is 502 g/mol. The van der Waals surface area contributed by atoms with Crippen LogP contribution in [-0.4, -0.2) is 93.2 Å². The first-order valence-electron chi connectivity index (χ1n) is 12.7. The fourth-order valence-electron chi connectivity index (χ4n) is 3.39. The summed E-state index contributed by atoms with van der Waals surface area (Å²) in [6, 6.07) is 9.12. The molecule has 0 bridgehead atoms. The molecule has 0 atom stereocenters. The summed E-state index contributed by atoms with van der Waals surface area (Å²) in [7, 11) is 0. The molecule has 1 aliphatic heterocycles. The molecule has 1 aliphatic rings. The number of hydrogen-bond acceptors (Lipinski definition) is 10. The van der Waals surface area contributed by atoms with Gasteiger partial charge in [0.1, 0.15) is 0 Å². The average Bonchev–Trinajstić information content (AvgIpc) is 2.90. The molecule has 0 unspecified atom stereocenters. The monoisotopic (exact) mass is 501 g/mol. The van der Waals surface area contributed by atoms with Gasteiger partial charge in [0.25, 0.3) is 5.91 Å². The van der Waals surface area contributed by atoms with Gasteiger partial charge in [0.2, 0.25) is 17.8 Å². The van der Waals surface area contributed by atoms with Crippen LogP contribution in [-0.2, 0) is 14.2 Å². The van der Waals surface area contributed by atoms with Crippen LogP contribution in [0, 0.1) is 5.92 Å². The molecule has 198 valence electrons. The summed E-state index contributed by atoms with van der Waals surface area (Å²) in [4.78, 5) is 27.8. The van der Waals surface area contributed by atoms with E-state index in [1.165, 1.54) is 0 Å². The molecule has 0 radical (unpaired) electrons. The predicted molar refractivity (Wildman–Crippen MR) is 140 cm³/mol. The van der Waals surface area contributed by atoms with Crippen molar-refractivity contribution in [2.75, 3.05) is 87.9 Å². The molecule has 0 aliphatic carbocycles. The Morgan fingerprint density at radius 3 is 2.22 bits per heavy atom. The first-order chi connectivity index (χ1) is 17.6. The fraction of sp³-hybridized carbons (Fsp3) is 0.600. The predicted octanol–water partition coefficient (Wildman–Crippen LogP) is 2.04. The Morgan fingerprint density at radius 1 is 0.917 bits per heavy atom. The van der Waals surface area contributed by atoms with Crippen LogP contribution in [0.1, 0.15) is 30.6 Å². The topological polar surface area (TPSA) is 123 Å². The zero-order chi connectivity index (χ0) is 25.4. The number of morpholine rings is 1. The van der Waals surface area contributed by atoms with Gasteiger partial charge in [-0.3, -0.25) is 4.79 Å². The second-order valence-corrected chi connectivity index (χ2v) is 8.76. The van der Waals surface area contributed by atoms with E-state index < -0.39 is 0 Å². The number of nitrogens with zero attached hydrogens (tertiary/aromatic N) is 4. The second-order valence-electron chi connectivity index (χ2n) is 8.76. The van der Waals surface area contributed by atoms with Gasteiger partial charge in [-0.25, -0.2) is 0 Å². The molecular formula is C25H39N7O4. The van der Waals surface area contributed by atoms with E-state index in [1.54, 1.807) is 12.1 Å². The van der Waals surface area contributed by atoms with Crippen molar-refractivity contribution in [2.45, 2.75) is 20.3 Å². The van der Waals surface area contributed by atoms with Gasteiger partial charge in [-0.05, 0) is 24.5 Å². The second kappa shape index (κ2) is 15.9. The summed E-state index contributed by atoms with van der Waals surface area (Å²) in [5, 5.41) is 9.37. The van der Waals surface area contributed by atoms with Crippen LogP contribution in [0.15, 0.2) is 30.3 Å². The van der Waals surface area contributed by atoms with Crippen molar-refractivity contribution in [2.24, 2.45) is 5.92 Å². The Bertz CT molecular complexity index is 895. The SMILES string of the molecule is CC(C)CCNc1nc(NCCOCCOCCNC(=O)c2ccccc2)nc(N2CCOCC2)n1. The van der Waals surface area contributed by atoms with Crippen LogP contribution in [0.2, 0.25) is 0 Å². The van der Waals surface area contributed by atoms with Crippen molar-refractivity contribution in [3.05, 3.63) is 35.9 Å². The maximum absolute atomic E-state index is 12.0. The Hall–Kier alpha value is -3.02. The lowest BCUT2D eigenvalue weighted by atomic mass is 10.1. The van der Waals surface area contributed by atoms with Gasteiger partial charge >= 0.3 is 0 Å². The minimum Gasteiger partial charge on any atom is -0.378 e. The van der Waals surface area contributed by atoms with Crippen LogP contribution in [0.5, 0.6) is 0 Å².